The van der Waals surface area contributed by atoms with Crippen LogP contribution in [0.15, 0.2) is 91.7 Å². The van der Waals surface area contributed by atoms with Gasteiger partial charge in [0.1, 0.15) is 0 Å². The van der Waals surface area contributed by atoms with Crippen molar-refractivity contribution in [2.75, 3.05) is 11.9 Å². The van der Waals surface area contributed by atoms with E-state index in [1.807, 2.05) is 54.6 Å². The van der Waals surface area contributed by atoms with Gasteiger partial charge < -0.3 is 15.2 Å². The average molecular weight is 423 g/mol. The van der Waals surface area contributed by atoms with Crippen molar-refractivity contribution in [1.82, 2.24) is 15.3 Å². The van der Waals surface area contributed by atoms with Crippen LogP contribution in [0.3, 0.4) is 0 Å². The van der Waals surface area contributed by atoms with Crippen molar-refractivity contribution in [3.63, 3.8) is 0 Å². The van der Waals surface area contributed by atoms with Crippen molar-refractivity contribution >= 4 is 28.7 Å². The summed E-state index contributed by atoms with van der Waals surface area (Å²) in [4.78, 5) is 22.9. The second-order valence-electron chi connectivity index (χ2n) is 7.51. The van der Waals surface area contributed by atoms with Gasteiger partial charge in [0, 0.05) is 37.4 Å². The number of anilines is 1. The SMILES string of the molecule is C=C/C=C/c1cc2c(C(=O)NC)cnc(N(Cc3ccccc3)Cc3ccccc3)c2[nH]1. The van der Waals surface area contributed by atoms with Crippen molar-refractivity contribution in [2.24, 2.45) is 0 Å². The molecule has 0 saturated heterocycles. The number of aromatic amines is 1. The number of aromatic nitrogens is 2. The fourth-order valence-corrected chi connectivity index (χ4v) is 3.75. The van der Waals surface area contributed by atoms with Gasteiger partial charge in [0.25, 0.3) is 5.91 Å². The summed E-state index contributed by atoms with van der Waals surface area (Å²) in [5.74, 6) is 0.642. The molecule has 160 valence electrons. The Morgan fingerprint density at radius 1 is 1.06 bits per heavy atom. The Hall–Kier alpha value is -4.12. The maximum atomic E-state index is 12.5. The number of amides is 1. The Morgan fingerprint density at radius 2 is 1.69 bits per heavy atom. The van der Waals surface area contributed by atoms with E-state index in [1.54, 1.807) is 19.3 Å². The van der Waals surface area contributed by atoms with Gasteiger partial charge in [0.15, 0.2) is 5.82 Å². The van der Waals surface area contributed by atoms with Crippen LogP contribution >= 0.6 is 0 Å². The van der Waals surface area contributed by atoms with Gasteiger partial charge in [-0.1, -0.05) is 79.4 Å². The number of fused-ring (bicyclic) bond motifs is 1. The summed E-state index contributed by atoms with van der Waals surface area (Å²) < 4.78 is 0. The highest BCUT2D eigenvalue weighted by molar-refractivity contribution is 6.09. The highest BCUT2D eigenvalue weighted by Crippen LogP contribution is 2.30. The van der Waals surface area contributed by atoms with Crippen LogP contribution in [-0.2, 0) is 13.1 Å². The van der Waals surface area contributed by atoms with Crippen LogP contribution in [0.1, 0.15) is 27.2 Å². The molecule has 0 radical (unpaired) electrons. The second kappa shape index (κ2) is 9.79. The van der Waals surface area contributed by atoms with Crippen molar-refractivity contribution in [1.29, 1.82) is 0 Å². The van der Waals surface area contributed by atoms with E-state index >= 15 is 0 Å². The van der Waals surface area contributed by atoms with Crippen LogP contribution < -0.4 is 10.2 Å². The van der Waals surface area contributed by atoms with E-state index in [9.17, 15) is 4.79 Å². The minimum absolute atomic E-state index is 0.162. The Balaban J connectivity index is 1.84. The number of hydrogen-bond acceptors (Lipinski definition) is 3. The summed E-state index contributed by atoms with van der Waals surface area (Å²) in [6.45, 7) is 5.12. The Labute approximate surface area is 188 Å². The summed E-state index contributed by atoms with van der Waals surface area (Å²) in [5.41, 5.74) is 4.64. The average Bonchev–Trinajstić information content (AvgIpc) is 3.26. The fraction of sp³-hybridized carbons (Fsp3) is 0.111. The molecule has 0 aliphatic heterocycles. The smallest absolute Gasteiger partial charge is 0.253 e. The van der Waals surface area contributed by atoms with Gasteiger partial charge in [-0.2, -0.15) is 0 Å². The molecule has 5 nitrogen and oxygen atoms in total. The topological polar surface area (TPSA) is 61.0 Å². The van der Waals surface area contributed by atoms with Crippen molar-refractivity contribution in [3.8, 4) is 0 Å². The summed E-state index contributed by atoms with van der Waals surface area (Å²) >= 11 is 0. The summed E-state index contributed by atoms with van der Waals surface area (Å²) in [7, 11) is 1.63. The monoisotopic (exact) mass is 422 g/mol. The van der Waals surface area contributed by atoms with E-state index in [1.165, 1.54) is 11.1 Å². The van der Waals surface area contributed by atoms with Crippen LogP contribution in [0.2, 0.25) is 0 Å². The van der Waals surface area contributed by atoms with Gasteiger partial charge in [-0.05, 0) is 23.3 Å². The zero-order valence-electron chi connectivity index (χ0n) is 18.1. The number of rotatable bonds is 8. The molecule has 5 heteroatoms. The number of carbonyl (C=O) groups excluding carboxylic acids is 1. The molecule has 0 bridgehead atoms. The molecule has 0 spiro atoms. The number of nitrogens with one attached hydrogen (secondary N) is 2. The number of H-pyrrole nitrogens is 1. The Kier molecular flexibility index (Phi) is 6.46. The molecule has 32 heavy (non-hydrogen) atoms. The number of hydrogen-bond donors (Lipinski definition) is 2. The molecule has 1 amide bonds. The van der Waals surface area contributed by atoms with E-state index in [0.717, 1.165) is 22.4 Å². The molecule has 2 heterocycles. The zero-order valence-corrected chi connectivity index (χ0v) is 18.1. The van der Waals surface area contributed by atoms with Crippen LogP contribution in [0.25, 0.3) is 17.0 Å². The third-order valence-corrected chi connectivity index (χ3v) is 5.28. The first kappa shape index (κ1) is 21.1. The molecule has 0 fully saturated rings. The van der Waals surface area contributed by atoms with Crippen LogP contribution in [0, 0.1) is 0 Å². The lowest BCUT2D eigenvalue weighted by molar-refractivity contribution is 0.0964. The minimum atomic E-state index is -0.162. The van der Waals surface area contributed by atoms with Gasteiger partial charge in [-0.3, -0.25) is 4.79 Å². The largest absolute Gasteiger partial charge is 0.355 e. The van der Waals surface area contributed by atoms with E-state index in [4.69, 9.17) is 4.98 Å². The van der Waals surface area contributed by atoms with Crippen molar-refractivity contribution in [3.05, 3.63) is 114 Å². The fourth-order valence-electron chi connectivity index (χ4n) is 3.75. The molecule has 2 N–H and O–H groups in total. The lowest BCUT2D eigenvalue weighted by Crippen LogP contribution is -2.24. The lowest BCUT2D eigenvalue weighted by Gasteiger charge is -2.25. The molecule has 4 rings (SSSR count). The Morgan fingerprint density at radius 3 is 2.25 bits per heavy atom. The van der Waals surface area contributed by atoms with Gasteiger partial charge >= 0.3 is 0 Å². The quantitative estimate of drug-likeness (QED) is 0.377. The third-order valence-electron chi connectivity index (χ3n) is 5.28. The Bertz CT molecular complexity index is 1200. The summed E-state index contributed by atoms with van der Waals surface area (Å²) in [6.07, 6.45) is 7.18. The first-order valence-corrected chi connectivity index (χ1v) is 10.6. The first-order chi connectivity index (χ1) is 15.7. The van der Waals surface area contributed by atoms with E-state index in [0.29, 0.717) is 18.7 Å². The number of allylic oxidation sites excluding steroid dienone is 2. The van der Waals surface area contributed by atoms with Gasteiger partial charge in [0.05, 0.1) is 11.1 Å². The van der Waals surface area contributed by atoms with E-state index in [-0.39, 0.29) is 5.91 Å². The molecule has 0 saturated carbocycles. The van der Waals surface area contributed by atoms with Crippen molar-refractivity contribution in [2.45, 2.75) is 13.1 Å². The molecule has 4 aromatic rings. The minimum Gasteiger partial charge on any atom is -0.355 e. The normalized spacial score (nSPS) is 11.0. The van der Waals surface area contributed by atoms with Crippen LogP contribution in [-0.4, -0.2) is 22.9 Å². The summed E-state index contributed by atoms with van der Waals surface area (Å²) in [5, 5.41) is 3.55. The number of carbonyl (C=O) groups is 1. The third kappa shape index (κ3) is 4.62. The maximum absolute atomic E-state index is 12.5. The van der Waals surface area contributed by atoms with Crippen molar-refractivity contribution < 1.29 is 4.79 Å². The van der Waals surface area contributed by atoms with E-state index < -0.39 is 0 Å². The molecular formula is C27H26N4O. The zero-order chi connectivity index (χ0) is 22.3. The summed E-state index contributed by atoms with van der Waals surface area (Å²) in [6, 6.07) is 22.6. The maximum Gasteiger partial charge on any atom is 0.253 e. The standard InChI is InChI=1S/C27H26N4O/c1-3-4-15-22-16-23-24(27(32)28-2)17-29-26(25(23)30-22)31(18-20-11-7-5-8-12-20)19-21-13-9-6-10-14-21/h3-17,30H,1,18-19H2,2H3,(H,28,32)/b15-4+. The molecule has 0 atom stereocenters. The highest BCUT2D eigenvalue weighted by atomic mass is 16.1. The van der Waals surface area contributed by atoms with Crippen LogP contribution in [0.4, 0.5) is 5.82 Å². The van der Waals surface area contributed by atoms with E-state index in [2.05, 4.69) is 46.0 Å². The first-order valence-electron chi connectivity index (χ1n) is 10.6. The lowest BCUT2D eigenvalue weighted by atomic mass is 10.1. The highest BCUT2D eigenvalue weighted by Gasteiger charge is 2.19. The van der Waals surface area contributed by atoms with Gasteiger partial charge in [0.2, 0.25) is 0 Å². The number of benzene rings is 2. The van der Waals surface area contributed by atoms with Gasteiger partial charge in [-0.15, -0.1) is 0 Å². The predicted octanol–water partition coefficient (Wildman–Crippen LogP) is 5.33. The van der Waals surface area contributed by atoms with Crippen LogP contribution in [0.5, 0.6) is 0 Å². The molecule has 0 unspecified atom stereocenters. The van der Waals surface area contributed by atoms with Gasteiger partial charge in [-0.25, -0.2) is 4.98 Å². The number of pyridine rings is 1. The molecule has 0 aliphatic rings. The second-order valence-corrected chi connectivity index (χ2v) is 7.51. The predicted molar refractivity (Wildman–Crippen MR) is 131 cm³/mol. The molecule has 2 aromatic carbocycles. The molecule has 0 aliphatic carbocycles. The number of nitrogens with zero attached hydrogens (tertiary/aromatic N) is 2. The molecular weight excluding hydrogens is 396 g/mol. The molecule has 2 aromatic heterocycles.